The summed E-state index contributed by atoms with van der Waals surface area (Å²) in [7, 11) is 0. The van der Waals surface area contributed by atoms with Crippen molar-refractivity contribution in [2.45, 2.75) is 19.3 Å². The van der Waals surface area contributed by atoms with Gasteiger partial charge in [-0.05, 0) is 12.8 Å². The largest absolute Gasteiger partial charge is 0.343 e. The first-order chi connectivity index (χ1) is 4.84. The van der Waals surface area contributed by atoms with Gasteiger partial charge in [-0.3, -0.25) is 4.79 Å². The molecule has 0 N–H and O–H groups in total. The van der Waals surface area contributed by atoms with Gasteiger partial charge in [0.1, 0.15) is 0 Å². The average Bonchev–Trinajstić information content (AvgIpc) is 1.79. The van der Waals surface area contributed by atoms with E-state index in [4.69, 9.17) is 0 Å². The van der Waals surface area contributed by atoms with E-state index in [1.807, 2.05) is 4.90 Å². The Bertz CT molecular complexity index is 138. The lowest BCUT2D eigenvalue weighted by Gasteiger charge is -2.30. The maximum Gasteiger partial charge on any atom is 0.222 e. The van der Waals surface area contributed by atoms with Crippen molar-refractivity contribution < 1.29 is 4.79 Å². The topological polar surface area (TPSA) is 20.3 Å². The van der Waals surface area contributed by atoms with E-state index in [0.717, 1.165) is 19.5 Å². The predicted octanol–water partition coefficient (Wildman–Crippen LogP) is 1.18. The molecule has 1 rings (SSSR count). The highest BCUT2D eigenvalue weighted by atomic mass is 16.2. The zero-order valence-electron chi connectivity index (χ0n) is 6.18. The van der Waals surface area contributed by atoms with Crippen LogP contribution in [0.1, 0.15) is 19.3 Å². The smallest absolute Gasteiger partial charge is 0.222 e. The zero-order valence-corrected chi connectivity index (χ0v) is 6.18. The van der Waals surface area contributed by atoms with Gasteiger partial charge < -0.3 is 4.90 Å². The van der Waals surface area contributed by atoms with Crippen LogP contribution in [0.2, 0.25) is 0 Å². The molecule has 1 aliphatic rings. The molecule has 0 saturated carbocycles. The lowest BCUT2D eigenvalue weighted by Crippen LogP contribution is -2.41. The second kappa shape index (κ2) is 3.40. The van der Waals surface area contributed by atoms with Crippen molar-refractivity contribution in [3.05, 3.63) is 12.7 Å². The molecule has 0 unspecified atom stereocenters. The third-order valence-corrected chi connectivity index (χ3v) is 1.77. The second-order valence-corrected chi connectivity index (χ2v) is 2.56. The molecular formula is C8H13NO. The van der Waals surface area contributed by atoms with E-state index in [-0.39, 0.29) is 5.91 Å². The number of carbonyl (C=O) groups is 1. The summed E-state index contributed by atoms with van der Waals surface area (Å²) >= 11 is 0. The van der Waals surface area contributed by atoms with Gasteiger partial charge in [-0.1, -0.05) is 6.08 Å². The number of rotatable bonds is 3. The van der Waals surface area contributed by atoms with Crippen LogP contribution in [-0.4, -0.2) is 23.9 Å². The summed E-state index contributed by atoms with van der Waals surface area (Å²) in [6.45, 7) is 5.50. The van der Waals surface area contributed by atoms with E-state index in [2.05, 4.69) is 6.58 Å². The standard InChI is InChI=1S/C8H13NO/c1-2-3-5-8(10)9-6-4-7-9/h2H,1,3-7H2. The van der Waals surface area contributed by atoms with Crippen molar-refractivity contribution in [3.63, 3.8) is 0 Å². The molecule has 10 heavy (non-hydrogen) atoms. The minimum absolute atomic E-state index is 0.283. The van der Waals surface area contributed by atoms with Gasteiger partial charge in [-0.15, -0.1) is 6.58 Å². The molecule has 0 bridgehead atoms. The number of allylic oxidation sites excluding steroid dienone is 1. The van der Waals surface area contributed by atoms with Crippen molar-refractivity contribution in [1.29, 1.82) is 0 Å². The van der Waals surface area contributed by atoms with E-state index >= 15 is 0 Å². The van der Waals surface area contributed by atoms with Crippen LogP contribution in [0.25, 0.3) is 0 Å². The van der Waals surface area contributed by atoms with Crippen LogP contribution in [0.4, 0.5) is 0 Å². The highest BCUT2D eigenvalue weighted by Gasteiger charge is 2.18. The summed E-state index contributed by atoms with van der Waals surface area (Å²) in [5.74, 6) is 0.283. The molecule has 1 fully saturated rings. The molecule has 1 aliphatic heterocycles. The zero-order chi connectivity index (χ0) is 7.40. The Hall–Kier alpha value is -0.790. The minimum atomic E-state index is 0.283. The van der Waals surface area contributed by atoms with E-state index in [1.54, 1.807) is 6.08 Å². The molecule has 2 heteroatoms. The second-order valence-electron chi connectivity index (χ2n) is 2.56. The number of likely N-dealkylation sites (tertiary alicyclic amines) is 1. The third-order valence-electron chi connectivity index (χ3n) is 1.77. The molecule has 2 nitrogen and oxygen atoms in total. The summed E-state index contributed by atoms with van der Waals surface area (Å²) in [6, 6.07) is 0. The Morgan fingerprint density at radius 1 is 1.60 bits per heavy atom. The van der Waals surface area contributed by atoms with Gasteiger partial charge in [0.25, 0.3) is 0 Å². The fourth-order valence-corrected chi connectivity index (χ4v) is 0.949. The number of hydrogen-bond acceptors (Lipinski definition) is 1. The first kappa shape index (κ1) is 7.32. The molecule has 0 atom stereocenters. The summed E-state index contributed by atoms with van der Waals surface area (Å²) < 4.78 is 0. The van der Waals surface area contributed by atoms with Gasteiger partial charge in [0.2, 0.25) is 5.91 Å². The Kier molecular flexibility index (Phi) is 2.49. The molecule has 1 amide bonds. The molecule has 56 valence electrons. The molecule has 0 aromatic rings. The Labute approximate surface area is 61.5 Å². The molecule has 0 spiro atoms. The Balaban J connectivity index is 2.13. The highest BCUT2D eigenvalue weighted by Crippen LogP contribution is 2.08. The fourth-order valence-electron chi connectivity index (χ4n) is 0.949. The highest BCUT2D eigenvalue weighted by molar-refractivity contribution is 5.76. The summed E-state index contributed by atoms with van der Waals surface area (Å²) in [5, 5.41) is 0. The molecule has 0 aliphatic carbocycles. The normalized spacial score (nSPS) is 16.2. The van der Waals surface area contributed by atoms with Crippen molar-refractivity contribution in [2.24, 2.45) is 0 Å². The van der Waals surface area contributed by atoms with Crippen LogP contribution in [-0.2, 0) is 4.79 Å². The predicted molar refractivity (Wildman–Crippen MR) is 40.6 cm³/mol. The van der Waals surface area contributed by atoms with E-state index in [9.17, 15) is 4.79 Å². The Morgan fingerprint density at radius 2 is 2.30 bits per heavy atom. The first-order valence-electron chi connectivity index (χ1n) is 3.73. The van der Waals surface area contributed by atoms with Crippen LogP contribution in [0.5, 0.6) is 0 Å². The van der Waals surface area contributed by atoms with Crippen LogP contribution in [0.15, 0.2) is 12.7 Å². The molecule has 0 aromatic heterocycles. The number of carbonyl (C=O) groups excluding carboxylic acids is 1. The van der Waals surface area contributed by atoms with Crippen molar-refractivity contribution in [1.82, 2.24) is 4.90 Å². The van der Waals surface area contributed by atoms with Crippen molar-refractivity contribution >= 4 is 5.91 Å². The van der Waals surface area contributed by atoms with Gasteiger partial charge in [0.15, 0.2) is 0 Å². The number of hydrogen-bond donors (Lipinski definition) is 0. The lowest BCUT2D eigenvalue weighted by atomic mass is 10.2. The summed E-state index contributed by atoms with van der Waals surface area (Å²) in [5.41, 5.74) is 0. The van der Waals surface area contributed by atoms with Crippen LogP contribution < -0.4 is 0 Å². The van der Waals surface area contributed by atoms with Crippen molar-refractivity contribution in [2.75, 3.05) is 13.1 Å². The maximum atomic E-state index is 11.1. The van der Waals surface area contributed by atoms with Gasteiger partial charge in [-0.2, -0.15) is 0 Å². The molecule has 1 heterocycles. The van der Waals surface area contributed by atoms with Gasteiger partial charge in [0.05, 0.1) is 0 Å². The summed E-state index contributed by atoms with van der Waals surface area (Å²) in [6.07, 6.45) is 4.43. The van der Waals surface area contributed by atoms with Crippen LogP contribution in [0, 0.1) is 0 Å². The molecule has 0 radical (unpaired) electrons. The average molecular weight is 139 g/mol. The quantitative estimate of drug-likeness (QED) is 0.538. The molecule has 0 aromatic carbocycles. The lowest BCUT2D eigenvalue weighted by molar-refractivity contribution is -0.134. The summed E-state index contributed by atoms with van der Waals surface area (Å²) in [4.78, 5) is 13.0. The van der Waals surface area contributed by atoms with E-state index in [0.29, 0.717) is 6.42 Å². The number of amides is 1. The monoisotopic (exact) mass is 139 g/mol. The van der Waals surface area contributed by atoms with Crippen LogP contribution >= 0.6 is 0 Å². The van der Waals surface area contributed by atoms with E-state index in [1.165, 1.54) is 6.42 Å². The Morgan fingerprint density at radius 3 is 2.70 bits per heavy atom. The number of nitrogens with zero attached hydrogens (tertiary/aromatic N) is 1. The van der Waals surface area contributed by atoms with Crippen molar-refractivity contribution in [3.8, 4) is 0 Å². The molecular weight excluding hydrogens is 126 g/mol. The minimum Gasteiger partial charge on any atom is -0.343 e. The van der Waals surface area contributed by atoms with Gasteiger partial charge >= 0.3 is 0 Å². The molecule has 1 saturated heterocycles. The van der Waals surface area contributed by atoms with Gasteiger partial charge in [-0.25, -0.2) is 0 Å². The van der Waals surface area contributed by atoms with Crippen LogP contribution in [0.3, 0.4) is 0 Å². The maximum absolute atomic E-state index is 11.1. The van der Waals surface area contributed by atoms with Gasteiger partial charge in [0, 0.05) is 19.5 Å². The first-order valence-corrected chi connectivity index (χ1v) is 3.73. The SMILES string of the molecule is C=CCCC(=O)N1CCC1. The van der Waals surface area contributed by atoms with E-state index < -0.39 is 0 Å². The third kappa shape index (κ3) is 1.59. The fraction of sp³-hybridized carbons (Fsp3) is 0.625.